The average molecular weight is 348 g/mol. The molecule has 2 fully saturated rings. The Hall–Kier alpha value is -1.07. The van der Waals surface area contributed by atoms with Gasteiger partial charge in [0.2, 0.25) is 0 Å². The van der Waals surface area contributed by atoms with E-state index in [1.165, 1.54) is 32.1 Å². The van der Waals surface area contributed by atoms with Crippen LogP contribution >= 0.6 is 0 Å². The Bertz CT molecular complexity index is 584. The molecule has 0 aromatic heterocycles. The topological polar surface area (TPSA) is 65.3 Å². The Morgan fingerprint density at radius 1 is 1.12 bits per heavy atom. The lowest BCUT2D eigenvalue weighted by Crippen LogP contribution is -2.57. The molecule has 2 heterocycles. The summed E-state index contributed by atoms with van der Waals surface area (Å²) in [6, 6.07) is -0.196. The van der Waals surface area contributed by atoms with Gasteiger partial charge in [-0.1, -0.05) is 52.9 Å². The molecule has 0 aromatic rings. The lowest BCUT2D eigenvalue weighted by molar-refractivity contribution is -0.144. The lowest BCUT2D eigenvalue weighted by atomic mass is 9.71. The van der Waals surface area contributed by atoms with E-state index in [-0.39, 0.29) is 22.9 Å². The van der Waals surface area contributed by atoms with Crippen molar-refractivity contribution in [3.05, 3.63) is 11.8 Å². The van der Waals surface area contributed by atoms with Crippen LogP contribution in [0.15, 0.2) is 16.8 Å². The molecule has 4 rings (SSSR count). The molecular formula is C20H32N2O3. The molecule has 1 spiro atoms. The third-order valence-corrected chi connectivity index (χ3v) is 6.59. The van der Waals surface area contributed by atoms with Gasteiger partial charge >= 0.3 is 0 Å². The number of hydrogen-bond acceptors (Lipinski definition) is 5. The predicted octanol–water partition coefficient (Wildman–Crippen LogP) is 3.17. The second-order valence-electron chi connectivity index (χ2n) is 9.41. The van der Waals surface area contributed by atoms with Gasteiger partial charge in [0, 0.05) is 17.4 Å². The molecule has 2 aliphatic carbocycles. The third kappa shape index (κ3) is 2.80. The minimum absolute atomic E-state index is 0.106. The maximum absolute atomic E-state index is 10.7. The molecule has 0 saturated heterocycles. The van der Waals surface area contributed by atoms with Gasteiger partial charge in [0.05, 0.1) is 11.6 Å². The number of rotatable bonds is 0. The van der Waals surface area contributed by atoms with Crippen molar-refractivity contribution < 1.29 is 15.1 Å². The van der Waals surface area contributed by atoms with Gasteiger partial charge in [0.15, 0.2) is 5.84 Å². The number of hydroxylamine groups is 2. The Kier molecular flexibility index (Phi) is 4.15. The molecule has 140 valence electrons. The van der Waals surface area contributed by atoms with Gasteiger partial charge in [-0.15, -0.1) is 0 Å². The van der Waals surface area contributed by atoms with Gasteiger partial charge in [-0.2, -0.15) is 5.06 Å². The fourth-order valence-corrected chi connectivity index (χ4v) is 5.16. The number of aliphatic hydroxyl groups excluding tert-OH is 2. The number of aliphatic imine (C=N–C) groups is 1. The fraction of sp³-hybridized carbons (Fsp3) is 0.850. The van der Waals surface area contributed by atoms with Crippen molar-refractivity contribution in [2.75, 3.05) is 0 Å². The van der Waals surface area contributed by atoms with Crippen molar-refractivity contribution in [1.82, 2.24) is 5.06 Å². The molecule has 0 bridgehead atoms. The van der Waals surface area contributed by atoms with Crippen molar-refractivity contribution in [3.8, 4) is 0 Å². The Morgan fingerprint density at radius 2 is 1.76 bits per heavy atom. The van der Waals surface area contributed by atoms with E-state index >= 15 is 0 Å². The zero-order chi connectivity index (χ0) is 17.8. The van der Waals surface area contributed by atoms with Crippen LogP contribution in [0.2, 0.25) is 0 Å². The van der Waals surface area contributed by atoms with E-state index in [1.54, 1.807) is 5.06 Å². The van der Waals surface area contributed by atoms with Crippen LogP contribution < -0.4 is 0 Å². The van der Waals surface area contributed by atoms with E-state index in [4.69, 9.17) is 9.83 Å². The third-order valence-electron chi connectivity index (χ3n) is 6.59. The smallest absolute Gasteiger partial charge is 0.163 e. The predicted molar refractivity (Wildman–Crippen MR) is 96.9 cm³/mol. The average Bonchev–Trinajstić information content (AvgIpc) is 3.05. The maximum Gasteiger partial charge on any atom is 0.163 e. The minimum atomic E-state index is -0.773. The Balaban J connectivity index is 1.75. The van der Waals surface area contributed by atoms with Crippen LogP contribution in [0.5, 0.6) is 0 Å². The largest absolute Gasteiger partial charge is 0.390 e. The van der Waals surface area contributed by atoms with Crippen LogP contribution in [0.25, 0.3) is 0 Å². The SMILES string of the molecule is CC(C)(C)C1=CC2=NC3(CCCCCCC3)[C@H]3C[C@H](O)[C@H](O)[C@H]3N2O1. The van der Waals surface area contributed by atoms with E-state index in [1.807, 2.05) is 6.08 Å². The highest BCUT2D eigenvalue weighted by Gasteiger charge is 2.59. The summed E-state index contributed by atoms with van der Waals surface area (Å²) in [5.41, 5.74) is -0.256. The van der Waals surface area contributed by atoms with Crippen LogP contribution in [0.3, 0.4) is 0 Å². The summed E-state index contributed by atoms with van der Waals surface area (Å²) >= 11 is 0. The fourth-order valence-electron chi connectivity index (χ4n) is 5.16. The number of amidine groups is 1. The molecule has 0 aromatic carbocycles. The summed E-state index contributed by atoms with van der Waals surface area (Å²) in [5.74, 6) is 1.90. The first kappa shape index (κ1) is 17.3. The van der Waals surface area contributed by atoms with Crippen molar-refractivity contribution >= 4 is 5.84 Å². The van der Waals surface area contributed by atoms with Gasteiger partial charge in [0.1, 0.15) is 17.9 Å². The molecule has 2 N–H and O–H groups in total. The number of allylic oxidation sites excluding steroid dienone is 1. The quantitative estimate of drug-likeness (QED) is 0.706. The molecule has 0 radical (unpaired) electrons. The van der Waals surface area contributed by atoms with Gasteiger partial charge in [-0.05, 0) is 19.3 Å². The van der Waals surface area contributed by atoms with Crippen molar-refractivity contribution in [1.29, 1.82) is 0 Å². The molecule has 25 heavy (non-hydrogen) atoms. The van der Waals surface area contributed by atoms with E-state index in [0.29, 0.717) is 6.42 Å². The summed E-state index contributed by atoms with van der Waals surface area (Å²) in [6.07, 6.45) is 9.53. The van der Waals surface area contributed by atoms with Gasteiger partial charge in [0.25, 0.3) is 0 Å². The summed E-state index contributed by atoms with van der Waals surface area (Å²) in [6.45, 7) is 6.38. The van der Waals surface area contributed by atoms with E-state index in [0.717, 1.165) is 24.4 Å². The number of aliphatic hydroxyl groups is 2. The summed E-state index contributed by atoms with van der Waals surface area (Å²) in [7, 11) is 0. The maximum atomic E-state index is 10.7. The van der Waals surface area contributed by atoms with Gasteiger partial charge in [-0.25, -0.2) is 0 Å². The van der Waals surface area contributed by atoms with Crippen LogP contribution in [0.1, 0.15) is 72.1 Å². The van der Waals surface area contributed by atoms with E-state index in [2.05, 4.69) is 20.8 Å². The first-order valence-electron chi connectivity index (χ1n) is 9.97. The normalized spacial score (nSPS) is 37.6. The highest BCUT2D eigenvalue weighted by Crippen LogP contribution is 2.51. The van der Waals surface area contributed by atoms with Crippen LogP contribution in [0, 0.1) is 11.3 Å². The molecular weight excluding hydrogens is 316 g/mol. The molecule has 0 amide bonds. The zero-order valence-corrected chi connectivity index (χ0v) is 15.7. The Labute approximate surface area is 150 Å². The van der Waals surface area contributed by atoms with Crippen molar-refractivity contribution in [2.24, 2.45) is 16.3 Å². The first-order chi connectivity index (χ1) is 11.8. The monoisotopic (exact) mass is 348 g/mol. The number of fused-ring (bicyclic) bond motifs is 4. The zero-order valence-electron chi connectivity index (χ0n) is 15.7. The minimum Gasteiger partial charge on any atom is -0.390 e. The second kappa shape index (κ2) is 5.98. The molecule has 4 aliphatic rings. The van der Waals surface area contributed by atoms with E-state index < -0.39 is 12.2 Å². The molecule has 5 nitrogen and oxygen atoms in total. The summed E-state index contributed by atoms with van der Waals surface area (Å²) in [5, 5.41) is 22.9. The van der Waals surface area contributed by atoms with Crippen LogP contribution in [-0.4, -0.2) is 44.9 Å². The summed E-state index contributed by atoms with van der Waals surface area (Å²) in [4.78, 5) is 11.4. The number of nitrogens with zero attached hydrogens (tertiary/aromatic N) is 2. The van der Waals surface area contributed by atoms with Gasteiger partial charge < -0.3 is 15.1 Å². The standard InChI is InChI=1S/C20H32N2O3/c1-19(2,3)15-12-16-21-20(9-7-5-4-6-8-10-20)13-11-14(23)18(24)17(13)22(16)25-15/h12-14,17-18,23-24H,4-11H2,1-3H3/t13-,14-,17-,18-/m0/s1. The summed E-state index contributed by atoms with van der Waals surface area (Å²) < 4.78 is 0. The van der Waals surface area contributed by atoms with Crippen molar-refractivity contribution in [3.63, 3.8) is 0 Å². The van der Waals surface area contributed by atoms with Crippen LogP contribution in [-0.2, 0) is 4.84 Å². The molecule has 2 saturated carbocycles. The molecule has 4 atom stereocenters. The van der Waals surface area contributed by atoms with Crippen LogP contribution in [0.4, 0.5) is 0 Å². The second-order valence-corrected chi connectivity index (χ2v) is 9.41. The lowest BCUT2D eigenvalue weighted by Gasteiger charge is -2.47. The van der Waals surface area contributed by atoms with E-state index in [9.17, 15) is 10.2 Å². The highest BCUT2D eigenvalue weighted by atomic mass is 16.7. The molecule has 2 aliphatic heterocycles. The van der Waals surface area contributed by atoms with Crippen molar-refractivity contribution in [2.45, 2.75) is 95.9 Å². The Morgan fingerprint density at radius 3 is 2.40 bits per heavy atom. The molecule has 0 unspecified atom stereocenters. The van der Waals surface area contributed by atoms with Gasteiger partial charge in [-0.3, -0.25) is 4.99 Å². The number of hydrogen-bond donors (Lipinski definition) is 2. The highest BCUT2D eigenvalue weighted by molar-refractivity contribution is 5.95. The molecule has 5 heteroatoms. The first-order valence-corrected chi connectivity index (χ1v) is 9.97.